The SMILES string of the molecule is CNC1CN(c2nc3ncc(Br)cc3n3cnnc23)C1.O. The predicted octanol–water partition coefficient (Wildman–Crippen LogP) is 0.0183. The molecule has 0 atom stereocenters. The highest BCUT2D eigenvalue weighted by molar-refractivity contribution is 9.10. The van der Waals surface area contributed by atoms with Crippen molar-refractivity contribution in [3.8, 4) is 0 Å². The summed E-state index contributed by atoms with van der Waals surface area (Å²) in [5.41, 5.74) is 2.36. The third kappa shape index (κ3) is 2.13. The molecule has 0 saturated carbocycles. The average Bonchev–Trinajstić information content (AvgIpc) is 2.87. The summed E-state index contributed by atoms with van der Waals surface area (Å²) in [6.45, 7) is 1.85. The van der Waals surface area contributed by atoms with Crippen LogP contribution in [0.5, 0.6) is 0 Å². The molecule has 0 bridgehead atoms. The molecule has 0 radical (unpaired) electrons. The fourth-order valence-corrected chi connectivity index (χ4v) is 2.76. The van der Waals surface area contributed by atoms with Crippen LogP contribution in [0.3, 0.4) is 0 Å². The second-order valence-electron chi connectivity index (χ2n) is 4.85. The van der Waals surface area contributed by atoms with Crippen molar-refractivity contribution in [2.45, 2.75) is 6.04 Å². The van der Waals surface area contributed by atoms with Gasteiger partial charge in [-0.15, -0.1) is 10.2 Å². The second-order valence-corrected chi connectivity index (χ2v) is 5.76. The van der Waals surface area contributed by atoms with Gasteiger partial charge in [-0.05, 0) is 29.0 Å². The van der Waals surface area contributed by atoms with E-state index in [1.165, 1.54) is 0 Å². The third-order valence-corrected chi connectivity index (χ3v) is 4.06. The average molecular weight is 352 g/mol. The number of hydrogen-bond donors (Lipinski definition) is 1. The molecule has 0 aliphatic carbocycles. The molecular weight excluding hydrogens is 338 g/mol. The summed E-state index contributed by atoms with van der Waals surface area (Å²) in [4.78, 5) is 11.2. The Morgan fingerprint density at radius 3 is 2.95 bits per heavy atom. The molecule has 0 spiro atoms. The third-order valence-electron chi connectivity index (χ3n) is 3.62. The van der Waals surface area contributed by atoms with Gasteiger partial charge >= 0.3 is 0 Å². The highest BCUT2D eigenvalue weighted by atomic mass is 79.9. The standard InChI is InChI=1S/C12H12BrN7.H2O/c1-14-8-4-19(5-8)11-12-18-16-6-20(12)9-2-7(13)3-15-10(9)17-11;/h2-3,6,8,14H,4-5H2,1H3;1H2. The first kappa shape index (κ1) is 14.1. The highest BCUT2D eigenvalue weighted by Gasteiger charge is 2.29. The van der Waals surface area contributed by atoms with Crippen LogP contribution in [0.4, 0.5) is 5.82 Å². The van der Waals surface area contributed by atoms with Crippen molar-refractivity contribution in [1.82, 2.24) is 29.9 Å². The first-order valence-corrected chi connectivity index (χ1v) is 7.13. The number of nitrogens with zero attached hydrogens (tertiary/aromatic N) is 6. The smallest absolute Gasteiger partial charge is 0.204 e. The number of hydrogen-bond acceptors (Lipinski definition) is 6. The molecule has 1 aliphatic heterocycles. The summed E-state index contributed by atoms with van der Waals surface area (Å²) in [5.74, 6) is 0.844. The molecule has 3 aromatic heterocycles. The number of nitrogens with one attached hydrogen (secondary N) is 1. The summed E-state index contributed by atoms with van der Waals surface area (Å²) in [6, 6.07) is 2.48. The highest BCUT2D eigenvalue weighted by Crippen LogP contribution is 2.26. The molecule has 0 aromatic carbocycles. The zero-order chi connectivity index (χ0) is 13.7. The van der Waals surface area contributed by atoms with E-state index in [1.54, 1.807) is 12.5 Å². The van der Waals surface area contributed by atoms with Crippen LogP contribution in [-0.2, 0) is 0 Å². The van der Waals surface area contributed by atoms with E-state index in [1.807, 2.05) is 17.5 Å². The maximum atomic E-state index is 4.65. The molecular formula is C12H14BrN7O. The summed E-state index contributed by atoms with van der Waals surface area (Å²) in [7, 11) is 1.97. The molecule has 3 N–H and O–H groups in total. The van der Waals surface area contributed by atoms with Crippen LogP contribution in [0.1, 0.15) is 0 Å². The van der Waals surface area contributed by atoms with Gasteiger partial charge in [-0.25, -0.2) is 9.97 Å². The van der Waals surface area contributed by atoms with Crippen molar-refractivity contribution in [3.05, 3.63) is 23.1 Å². The van der Waals surface area contributed by atoms with Crippen LogP contribution >= 0.6 is 15.9 Å². The molecule has 110 valence electrons. The largest absolute Gasteiger partial charge is 0.412 e. The molecule has 3 aromatic rings. The Hall–Kier alpha value is -1.84. The fraction of sp³-hybridized carbons (Fsp3) is 0.333. The van der Waals surface area contributed by atoms with Crippen LogP contribution in [-0.4, -0.2) is 56.2 Å². The van der Waals surface area contributed by atoms with E-state index in [-0.39, 0.29) is 5.48 Å². The van der Waals surface area contributed by atoms with Gasteiger partial charge in [0.05, 0.1) is 5.52 Å². The first-order valence-electron chi connectivity index (χ1n) is 6.33. The van der Waals surface area contributed by atoms with Gasteiger partial charge in [-0.1, -0.05) is 0 Å². The van der Waals surface area contributed by atoms with E-state index in [9.17, 15) is 0 Å². The van der Waals surface area contributed by atoms with Crippen molar-refractivity contribution < 1.29 is 5.48 Å². The Labute approximate surface area is 128 Å². The number of fused-ring (bicyclic) bond motifs is 3. The van der Waals surface area contributed by atoms with Gasteiger partial charge in [0.25, 0.3) is 0 Å². The van der Waals surface area contributed by atoms with E-state index >= 15 is 0 Å². The Kier molecular flexibility index (Phi) is 3.47. The molecule has 4 heterocycles. The zero-order valence-electron chi connectivity index (χ0n) is 11.3. The van der Waals surface area contributed by atoms with Crippen molar-refractivity contribution in [1.29, 1.82) is 0 Å². The minimum absolute atomic E-state index is 0. The molecule has 8 nitrogen and oxygen atoms in total. The van der Waals surface area contributed by atoms with E-state index in [0.717, 1.165) is 34.5 Å². The van der Waals surface area contributed by atoms with Gasteiger partial charge in [0.2, 0.25) is 5.65 Å². The minimum Gasteiger partial charge on any atom is -0.412 e. The number of halogens is 1. The second kappa shape index (κ2) is 5.17. The lowest BCUT2D eigenvalue weighted by Gasteiger charge is -2.39. The van der Waals surface area contributed by atoms with Crippen LogP contribution in [0.25, 0.3) is 16.8 Å². The van der Waals surface area contributed by atoms with Crippen LogP contribution in [0.2, 0.25) is 0 Å². The van der Waals surface area contributed by atoms with E-state index in [2.05, 4.69) is 46.3 Å². The summed E-state index contributed by atoms with van der Waals surface area (Å²) >= 11 is 3.43. The minimum atomic E-state index is 0. The Bertz CT molecular complexity index is 799. The molecule has 0 unspecified atom stereocenters. The Morgan fingerprint density at radius 1 is 1.38 bits per heavy atom. The summed E-state index contributed by atoms with van der Waals surface area (Å²) < 4.78 is 2.84. The zero-order valence-corrected chi connectivity index (χ0v) is 12.9. The number of pyridine rings is 1. The molecule has 1 saturated heterocycles. The number of likely N-dealkylation sites (N-methyl/N-ethyl adjacent to an activating group) is 1. The van der Waals surface area contributed by atoms with Crippen molar-refractivity contribution >= 4 is 38.6 Å². The lowest BCUT2D eigenvalue weighted by atomic mass is 10.1. The van der Waals surface area contributed by atoms with E-state index < -0.39 is 0 Å². The normalized spacial score (nSPS) is 15.2. The van der Waals surface area contributed by atoms with Gasteiger partial charge < -0.3 is 15.7 Å². The fourth-order valence-electron chi connectivity index (χ4n) is 2.45. The topological polar surface area (TPSA) is 103 Å². The molecule has 9 heteroatoms. The van der Waals surface area contributed by atoms with Gasteiger partial charge in [0, 0.05) is 29.8 Å². The lowest BCUT2D eigenvalue weighted by Crippen LogP contribution is -2.57. The molecule has 4 rings (SSSR count). The van der Waals surface area contributed by atoms with Crippen molar-refractivity contribution in [3.63, 3.8) is 0 Å². The monoisotopic (exact) mass is 351 g/mol. The molecule has 1 aliphatic rings. The van der Waals surface area contributed by atoms with Crippen molar-refractivity contribution in [2.24, 2.45) is 0 Å². The Balaban J connectivity index is 0.00000132. The molecule has 21 heavy (non-hydrogen) atoms. The maximum absolute atomic E-state index is 4.65. The molecule has 1 fully saturated rings. The number of anilines is 1. The van der Waals surface area contributed by atoms with E-state index in [4.69, 9.17) is 0 Å². The van der Waals surface area contributed by atoms with Gasteiger partial charge in [0.15, 0.2) is 11.5 Å². The molecule has 0 amide bonds. The summed E-state index contributed by atoms with van der Waals surface area (Å²) in [5, 5.41) is 11.5. The van der Waals surface area contributed by atoms with Gasteiger partial charge in [-0.2, -0.15) is 0 Å². The van der Waals surface area contributed by atoms with Crippen molar-refractivity contribution in [2.75, 3.05) is 25.0 Å². The quantitative estimate of drug-likeness (QED) is 0.698. The number of rotatable bonds is 2. The van der Waals surface area contributed by atoms with Crippen LogP contribution in [0, 0.1) is 0 Å². The van der Waals surface area contributed by atoms with Gasteiger partial charge in [-0.3, -0.25) is 4.40 Å². The van der Waals surface area contributed by atoms with Crippen LogP contribution in [0.15, 0.2) is 23.1 Å². The summed E-state index contributed by atoms with van der Waals surface area (Å²) in [6.07, 6.45) is 3.45. The van der Waals surface area contributed by atoms with Crippen LogP contribution < -0.4 is 10.2 Å². The first-order chi connectivity index (χ1) is 9.76. The predicted molar refractivity (Wildman–Crippen MR) is 82.5 cm³/mol. The Morgan fingerprint density at radius 2 is 2.19 bits per heavy atom. The maximum Gasteiger partial charge on any atom is 0.204 e. The lowest BCUT2D eigenvalue weighted by molar-refractivity contribution is 0.448. The van der Waals surface area contributed by atoms with Gasteiger partial charge in [0.1, 0.15) is 6.33 Å². The van der Waals surface area contributed by atoms with E-state index in [0.29, 0.717) is 11.7 Å². The number of aromatic nitrogens is 5.